The highest BCUT2D eigenvalue weighted by Crippen LogP contribution is 2.14. The number of aldehydes is 1. The van der Waals surface area contributed by atoms with Crippen LogP contribution in [0.5, 0.6) is 0 Å². The number of hydrogen-bond donors (Lipinski definition) is 2. The van der Waals surface area contributed by atoms with Crippen molar-refractivity contribution in [1.29, 1.82) is 0 Å². The molecule has 0 aliphatic carbocycles. The first-order valence-corrected chi connectivity index (χ1v) is 4.85. The van der Waals surface area contributed by atoms with E-state index in [1.54, 1.807) is 6.08 Å². The SMILES string of the molecule is C/C=C/NCC(/C=C/O)C(C)CC=O. The van der Waals surface area contributed by atoms with Gasteiger partial charge in [-0.2, -0.15) is 0 Å². The number of rotatable bonds is 7. The van der Waals surface area contributed by atoms with E-state index >= 15 is 0 Å². The van der Waals surface area contributed by atoms with Crippen molar-refractivity contribution in [2.75, 3.05) is 6.54 Å². The Morgan fingerprint density at radius 2 is 2.21 bits per heavy atom. The maximum Gasteiger partial charge on any atom is 0.120 e. The molecule has 0 aliphatic heterocycles. The molecule has 0 aromatic heterocycles. The average Bonchev–Trinajstić information content (AvgIpc) is 2.17. The summed E-state index contributed by atoms with van der Waals surface area (Å²) >= 11 is 0. The van der Waals surface area contributed by atoms with Gasteiger partial charge < -0.3 is 15.2 Å². The average molecular weight is 197 g/mol. The lowest BCUT2D eigenvalue weighted by Crippen LogP contribution is -2.22. The van der Waals surface area contributed by atoms with Crippen LogP contribution in [-0.2, 0) is 4.79 Å². The number of aliphatic hydroxyl groups excluding tert-OH is 1. The van der Waals surface area contributed by atoms with Gasteiger partial charge in [0.05, 0.1) is 6.26 Å². The molecule has 0 rings (SSSR count). The highest BCUT2D eigenvalue weighted by molar-refractivity contribution is 5.49. The number of allylic oxidation sites excluding steroid dienone is 1. The summed E-state index contributed by atoms with van der Waals surface area (Å²) < 4.78 is 0. The molecule has 0 aromatic rings. The van der Waals surface area contributed by atoms with Crippen LogP contribution in [0.3, 0.4) is 0 Å². The van der Waals surface area contributed by atoms with E-state index in [1.165, 1.54) is 0 Å². The number of nitrogens with one attached hydrogen (secondary N) is 1. The van der Waals surface area contributed by atoms with Crippen molar-refractivity contribution in [3.63, 3.8) is 0 Å². The molecule has 0 spiro atoms. The normalized spacial score (nSPS) is 15.9. The molecule has 0 saturated carbocycles. The first-order chi connectivity index (χ1) is 6.76. The second kappa shape index (κ2) is 8.35. The predicted octanol–water partition coefficient (Wildman–Crippen LogP) is 2.02. The molecule has 0 fully saturated rings. The Bertz CT molecular complexity index is 199. The van der Waals surface area contributed by atoms with Gasteiger partial charge in [-0.1, -0.05) is 13.0 Å². The van der Waals surface area contributed by atoms with Gasteiger partial charge in [0, 0.05) is 18.9 Å². The second-order valence-corrected chi connectivity index (χ2v) is 3.29. The largest absolute Gasteiger partial charge is 0.516 e. The maximum absolute atomic E-state index is 10.3. The summed E-state index contributed by atoms with van der Waals surface area (Å²) in [4.78, 5) is 10.3. The van der Waals surface area contributed by atoms with Gasteiger partial charge in [0.25, 0.3) is 0 Å². The minimum absolute atomic E-state index is 0.182. The number of carbonyl (C=O) groups is 1. The summed E-state index contributed by atoms with van der Waals surface area (Å²) in [5.74, 6) is 0.426. The van der Waals surface area contributed by atoms with E-state index in [4.69, 9.17) is 5.11 Å². The third-order valence-corrected chi connectivity index (χ3v) is 2.17. The summed E-state index contributed by atoms with van der Waals surface area (Å²) in [6.45, 7) is 4.66. The predicted molar refractivity (Wildman–Crippen MR) is 57.9 cm³/mol. The molecule has 80 valence electrons. The molecule has 0 aromatic carbocycles. The molecule has 0 heterocycles. The molecule has 0 saturated heterocycles. The number of carbonyl (C=O) groups excluding carboxylic acids is 1. The van der Waals surface area contributed by atoms with E-state index in [-0.39, 0.29) is 11.8 Å². The first kappa shape index (κ1) is 12.8. The van der Waals surface area contributed by atoms with E-state index in [2.05, 4.69) is 5.32 Å². The van der Waals surface area contributed by atoms with Gasteiger partial charge in [0.1, 0.15) is 6.29 Å². The van der Waals surface area contributed by atoms with Crippen LogP contribution >= 0.6 is 0 Å². The molecule has 3 nitrogen and oxygen atoms in total. The molecule has 0 aliphatic rings. The summed E-state index contributed by atoms with van der Waals surface area (Å²) in [5, 5.41) is 11.8. The topological polar surface area (TPSA) is 49.3 Å². The van der Waals surface area contributed by atoms with Crippen LogP contribution in [0.15, 0.2) is 24.6 Å². The minimum atomic E-state index is 0.182. The Morgan fingerprint density at radius 1 is 1.50 bits per heavy atom. The van der Waals surface area contributed by atoms with Gasteiger partial charge in [-0.05, 0) is 25.1 Å². The van der Waals surface area contributed by atoms with Crippen molar-refractivity contribution in [3.8, 4) is 0 Å². The first-order valence-electron chi connectivity index (χ1n) is 4.85. The second-order valence-electron chi connectivity index (χ2n) is 3.29. The van der Waals surface area contributed by atoms with Crippen LogP contribution in [0.25, 0.3) is 0 Å². The van der Waals surface area contributed by atoms with Crippen molar-refractivity contribution < 1.29 is 9.90 Å². The minimum Gasteiger partial charge on any atom is -0.516 e. The van der Waals surface area contributed by atoms with E-state index in [1.807, 2.05) is 26.1 Å². The zero-order valence-corrected chi connectivity index (χ0v) is 8.81. The van der Waals surface area contributed by atoms with Crippen LogP contribution in [0.1, 0.15) is 20.3 Å². The molecule has 2 atom stereocenters. The smallest absolute Gasteiger partial charge is 0.120 e. The Kier molecular flexibility index (Phi) is 7.61. The molecule has 0 radical (unpaired) electrons. The summed E-state index contributed by atoms with van der Waals surface area (Å²) in [6.07, 6.45) is 7.95. The highest BCUT2D eigenvalue weighted by atomic mass is 16.2. The van der Waals surface area contributed by atoms with Crippen LogP contribution < -0.4 is 5.32 Å². The van der Waals surface area contributed by atoms with E-state index in [9.17, 15) is 4.79 Å². The molecular formula is C11H19NO2. The van der Waals surface area contributed by atoms with E-state index in [0.717, 1.165) is 19.1 Å². The summed E-state index contributed by atoms with van der Waals surface area (Å²) in [6, 6.07) is 0. The van der Waals surface area contributed by atoms with Gasteiger partial charge in [-0.15, -0.1) is 0 Å². The number of hydrogen-bond acceptors (Lipinski definition) is 3. The van der Waals surface area contributed by atoms with Crippen molar-refractivity contribution in [2.24, 2.45) is 11.8 Å². The zero-order chi connectivity index (χ0) is 10.8. The van der Waals surface area contributed by atoms with Gasteiger partial charge >= 0.3 is 0 Å². The fourth-order valence-electron chi connectivity index (χ4n) is 1.22. The van der Waals surface area contributed by atoms with Crippen LogP contribution in [0.2, 0.25) is 0 Å². The van der Waals surface area contributed by atoms with Crippen LogP contribution in [-0.4, -0.2) is 17.9 Å². The highest BCUT2D eigenvalue weighted by Gasteiger charge is 2.13. The van der Waals surface area contributed by atoms with Gasteiger partial charge in [0.15, 0.2) is 0 Å². The third-order valence-electron chi connectivity index (χ3n) is 2.17. The molecule has 3 heteroatoms. The van der Waals surface area contributed by atoms with Crippen molar-refractivity contribution >= 4 is 6.29 Å². The van der Waals surface area contributed by atoms with Gasteiger partial charge in [-0.3, -0.25) is 0 Å². The Balaban J connectivity index is 4.05. The van der Waals surface area contributed by atoms with Crippen LogP contribution in [0, 0.1) is 11.8 Å². The van der Waals surface area contributed by atoms with Crippen LogP contribution in [0.4, 0.5) is 0 Å². The fraction of sp³-hybridized carbons (Fsp3) is 0.545. The summed E-state index contributed by atoms with van der Waals surface area (Å²) in [7, 11) is 0. The van der Waals surface area contributed by atoms with Crippen molar-refractivity contribution in [3.05, 3.63) is 24.6 Å². The monoisotopic (exact) mass is 197 g/mol. The Labute approximate surface area is 85.5 Å². The standard InChI is InChI=1S/C11H19NO2/c1-3-6-12-9-11(5-8-14)10(2)4-7-13/h3,5-8,10-12,14H,4,9H2,1-2H3/b6-3+,8-5+. The molecule has 0 bridgehead atoms. The lowest BCUT2D eigenvalue weighted by atomic mass is 9.91. The van der Waals surface area contributed by atoms with Crippen molar-refractivity contribution in [2.45, 2.75) is 20.3 Å². The van der Waals surface area contributed by atoms with Gasteiger partial charge in [0.2, 0.25) is 0 Å². The van der Waals surface area contributed by atoms with E-state index in [0.29, 0.717) is 6.42 Å². The number of aliphatic hydroxyl groups is 1. The molecule has 2 N–H and O–H groups in total. The lowest BCUT2D eigenvalue weighted by molar-refractivity contribution is -0.108. The molecule has 0 amide bonds. The maximum atomic E-state index is 10.3. The van der Waals surface area contributed by atoms with Crippen molar-refractivity contribution in [1.82, 2.24) is 5.32 Å². The lowest BCUT2D eigenvalue weighted by Gasteiger charge is -2.18. The Hall–Kier alpha value is -1.25. The quantitative estimate of drug-likeness (QED) is 0.485. The van der Waals surface area contributed by atoms with Gasteiger partial charge in [-0.25, -0.2) is 0 Å². The zero-order valence-electron chi connectivity index (χ0n) is 8.81. The fourth-order valence-corrected chi connectivity index (χ4v) is 1.22. The molecule has 2 unspecified atom stereocenters. The summed E-state index contributed by atoms with van der Waals surface area (Å²) in [5.41, 5.74) is 0. The Morgan fingerprint density at radius 3 is 2.71 bits per heavy atom. The third kappa shape index (κ3) is 5.41. The molecule has 14 heavy (non-hydrogen) atoms. The molecular weight excluding hydrogens is 178 g/mol. The van der Waals surface area contributed by atoms with E-state index < -0.39 is 0 Å².